The third-order valence-electron chi connectivity index (χ3n) is 5.07. The normalized spacial score (nSPS) is 20.6. The molecule has 3 rings (SSSR count). The Morgan fingerprint density at radius 2 is 2.04 bits per heavy atom. The lowest BCUT2D eigenvalue weighted by Crippen LogP contribution is -2.51. The molecule has 1 fully saturated rings. The van der Waals surface area contributed by atoms with Gasteiger partial charge in [0.15, 0.2) is 0 Å². The molecule has 4 nitrogen and oxygen atoms in total. The van der Waals surface area contributed by atoms with Crippen molar-refractivity contribution in [3.8, 4) is 0 Å². The average molecular weight is 389 g/mol. The molecule has 0 aliphatic carbocycles. The van der Waals surface area contributed by atoms with Crippen LogP contribution in [0.2, 0.25) is 0 Å². The number of hydrogen-bond acceptors (Lipinski definition) is 3. The van der Waals surface area contributed by atoms with Gasteiger partial charge in [-0.2, -0.15) is 0 Å². The molecule has 2 aromatic rings. The zero-order valence-electron chi connectivity index (χ0n) is 17.0. The predicted molar refractivity (Wildman–Crippen MR) is 109 cm³/mol. The van der Waals surface area contributed by atoms with Crippen molar-refractivity contribution in [3.63, 3.8) is 0 Å². The minimum Gasteiger partial charge on any atom is -0.369 e. The molecule has 1 aliphatic heterocycles. The first kappa shape index (κ1) is 20.5. The molecule has 0 radical (unpaired) electrons. The molecule has 1 aromatic carbocycles. The van der Waals surface area contributed by atoms with Crippen LogP contribution in [0.3, 0.4) is 0 Å². The summed E-state index contributed by atoms with van der Waals surface area (Å²) >= 11 is 0. The van der Waals surface area contributed by atoms with E-state index in [1.165, 1.54) is 6.07 Å². The molecule has 0 spiro atoms. The lowest BCUT2D eigenvalue weighted by molar-refractivity contribution is -0.123. The minimum absolute atomic E-state index is 0.0418. The van der Waals surface area contributed by atoms with Crippen molar-refractivity contribution >= 4 is 22.5 Å². The smallest absolute Gasteiger partial charge is 0.265 e. The van der Waals surface area contributed by atoms with Crippen molar-refractivity contribution in [1.29, 1.82) is 0 Å². The van der Waals surface area contributed by atoms with Gasteiger partial charge in [-0.05, 0) is 42.0 Å². The predicted octanol–water partition coefficient (Wildman–Crippen LogP) is 4.94. The van der Waals surface area contributed by atoms with Crippen LogP contribution in [0.5, 0.6) is 0 Å². The van der Waals surface area contributed by atoms with E-state index in [4.69, 9.17) is 0 Å². The zero-order valence-corrected chi connectivity index (χ0v) is 17.0. The molecular weight excluding hydrogens is 360 g/mol. The highest BCUT2D eigenvalue weighted by molar-refractivity contribution is 5.94. The lowest BCUT2D eigenvalue weighted by Gasteiger charge is -2.39. The van der Waals surface area contributed by atoms with Gasteiger partial charge in [0.05, 0.1) is 5.52 Å². The fourth-order valence-corrected chi connectivity index (χ4v) is 4.04. The van der Waals surface area contributed by atoms with Crippen LogP contribution in [-0.4, -0.2) is 30.0 Å². The number of fused-ring (bicyclic) bond motifs is 1. The summed E-state index contributed by atoms with van der Waals surface area (Å²) in [5, 5.41) is 3.90. The summed E-state index contributed by atoms with van der Waals surface area (Å²) in [6, 6.07) is 6.90. The van der Waals surface area contributed by atoms with Gasteiger partial charge in [0.2, 0.25) is 5.91 Å². The van der Waals surface area contributed by atoms with Crippen LogP contribution in [-0.2, 0) is 4.79 Å². The van der Waals surface area contributed by atoms with E-state index in [2.05, 4.69) is 22.1 Å². The Labute approximate surface area is 165 Å². The van der Waals surface area contributed by atoms with Gasteiger partial charge >= 0.3 is 0 Å². The third-order valence-corrected chi connectivity index (χ3v) is 5.07. The number of nitrogens with one attached hydrogen (secondary N) is 1. The zero-order chi connectivity index (χ0) is 20.5. The molecule has 0 saturated carbocycles. The maximum absolute atomic E-state index is 13.4. The van der Waals surface area contributed by atoms with Crippen molar-refractivity contribution in [2.24, 2.45) is 11.3 Å². The molecule has 1 amide bonds. The molecule has 1 N–H and O–H groups in total. The molecule has 6 heteroatoms. The molecular formula is C22H29F2N3O. The number of carbonyl (C=O) groups excluding carboxylic acids is 1. The van der Waals surface area contributed by atoms with Crippen LogP contribution < -0.4 is 10.2 Å². The van der Waals surface area contributed by atoms with E-state index in [9.17, 15) is 13.6 Å². The van der Waals surface area contributed by atoms with Gasteiger partial charge in [0.25, 0.3) is 6.43 Å². The van der Waals surface area contributed by atoms with E-state index in [1.807, 2.05) is 26.8 Å². The number of aromatic nitrogens is 1. The average Bonchev–Trinajstić information content (AvgIpc) is 2.58. The van der Waals surface area contributed by atoms with E-state index in [-0.39, 0.29) is 22.9 Å². The number of nitrogens with zero attached hydrogens (tertiary/aromatic N) is 2. The number of halogens is 2. The monoisotopic (exact) mass is 389 g/mol. The van der Waals surface area contributed by atoms with Gasteiger partial charge in [-0.1, -0.05) is 27.7 Å². The second-order valence-electron chi connectivity index (χ2n) is 9.12. The minimum atomic E-state index is -2.56. The summed E-state index contributed by atoms with van der Waals surface area (Å²) in [6.45, 7) is 9.79. The van der Waals surface area contributed by atoms with Crippen LogP contribution in [0.1, 0.15) is 52.5 Å². The summed E-state index contributed by atoms with van der Waals surface area (Å²) in [4.78, 5) is 18.8. The maximum atomic E-state index is 13.4. The number of anilines is 1. The van der Waals surface area contributed by atoms with Crippen LogP contribution in [0.25, 0.3) is 10.9 Å². The van der Waals surface area contributed by atoms with Gasteiger partial charge in [0.1, 0.15) is 0 Å². The summed E-state index contributed by atoms with van der Waals surface area (Å²) in [7, 11) is 0. The molecule has 1 saturated heterocycles. The van der Waals surface area contributed by atoms with Crippen molar-refractivity contribution in [3.05, 3.63) is 36.0 Å². The van der Waals surface area contributed by atoms with Crippen molar-refractivity contribution < 1.29 is 13.6 Å². The largest absolute Gasteiger partial charge is 0.369 e. The summed E-state index contributed by atoms with van der Waals surface area (Å²) in [6.07, 6.45) is 0.383. The quantitative estimate of drug-likeness (QED) is 0.806. The molecule has 2 atom stereocenters. The van der Waals surface area contributed by atoms with Gasteiger partial charge in [-0.3, -0.25) is 9.78 Å². The molecule has 1 aliphatic rings. The highest BCUT2D eigenvalue weighted by Crippen LogP contribution is 2.34. The van der Waals surface area contributed by atoms with Gasteiger partial charge in [-0.25, -0.2) is 8.78 Å². The Morgan fingerprint density at radius 1 is 1.29 bits per heavy atom. The Bertz CT molecular complexity index is 847. The highest BCUT2D eigenvalue weighted by atomic mass is 19.3. The third kappa shape index (κ3) is 4.78. The SMILES string of the molecule is CC1CC(NC(=O)CC(C)(C)C)CN(c2ccc(C(F)F)c3ncccc23)C1. The number of carbonyl (C=O) groups is 1. The molecule has 2 heterocycles. The topological polar surface area (TPSA) is 45.2 Å². The first-order valence-electron chi connectivity index (χ1n) is 9.84. The number of piperidine rings is 1. The number of amides is 1. The number of alkyl halides is 2. The lowest BCUT2D eigenvalue weighted by atomic mass is 9.90. The second kappa shape index (κ2) is 8.02. The van der Waals surface area contributed by atoms with Crippen LogP contribution >= 0.6 is 0 Å². The first-order valence-corrected chi connectivity index (χ1v) is 9.84. The van der Waals surface area contributed by atoms with E-state index in [0.29, 0.717) is 24.4 Å². The Balaban J connectivity index is 1.85. The summed E-state index contributed by atoms with van der Waals surface area (Å²) in [5.41, 5.74) is 1.15. The fraction of sp³-hybridized carbons (Fsp3) is 0.545. The van der Waals surface area contributed by atoms with E-state index in [0.717, 1.165) is 24.0 Å². The van der Waals surface area contributed by atoms with Crippen molar-refractivity contribution in [1.82, 2.24) is 10.3 Å². The number of pyridine rings is 1. The molecule has 0 bridgehead atoms. The first-order chi connectivity index (χ1) is 13.1. The number of rotatable bonds is 4. The maximum Gasteiger partial charge on any atom is 0.265 e. The highest BCUT2D eigenvalue weighted by Gasteiger charge is 2.28. The van der Waals surface area contributed by atoms with Crippen LogP contribution in [0, 0.1) is 11.3 Å². The Kier molecular flexibility index (Phi) is 5.87. The van der Waals surface area contributed by atoms with E-state index in [1.54, 1.807) is 18.3 Å². The van der Waals surface area contributed by atoms with Crippen molar-refractivity contribution in [2.45, 2.75) is 53.0 Å². The molecule has 152 valence electrons. The molecule has 2 unspecified atom stereocenters. The van der Waals surface area contributed by atoms with Gasteiger partial charge in [-0.15, -0.1) is 0 Å². The van der Waals surface area contributed by atoms with E-state index >= 15 is 0 Å². The molecule has 1 aromatic heterocycles. The van der Waals surface area contributed by atoms with E-state index < -0.39 is 6.43 Å². The molecule has 28 heavy (non-hydrogen) atoms. The van der Waals surface area contributed by atoms with Crippen LogP contribution in [0.4, 0.5) is 14.5 Å². The summed E-state index contributed by atoms with van der Waals surface area (Å²) in [5.74, 6) is 0.446. The fourth-order valence-electron chi connectivity index (χ4n) is 4.04. The number of hydrogen-bond donors (Lipinski definition) is 1. The Morgan fingerprint density at radius 3 is 2.71 bits per heavy atom. The van der Waals surface area contributed by atoms with Crippen molar-refractivity contribution in [2.75, 3.05) is 18.0 Å². The Hall–Kier alpha value is -2.24. The van der Waals surface area contributed by atoms with Gasteiger partial charge in [0, 0.05) is 48.4 Å². The number of benzene rings is 1. The van der Waals surface area contributed by atoms with Gasteiger partial charge < -0.3 is 10.2 Å². The van der Waals surface area contributed by atoms with Crippen LogP contribution in [0.15, 0.2) is 30.5 Å². The second-order valence-corrected chi connectivity index (χ2v) is 9.12. The summed E-state index contributed by atoms with van der Waals surface area (Å²) < 4.78 is 26.7. The standard InChI is InChI=1S/C22H29F2N3O/c1-14-10-15(26-19(28)11-22(2,3)4)13-27(12-14)18-8-7-17(21(23)24)20-16(18)6-5-9-25-20/h5-9,14-15,21H,10-13H2,1-4H3,(H,26,28).